The molecule has 1 N–H and O–H groups in total. The minimum Gasteiger partial charge on any atom is -0.312 e. The molecule has 0 bridgehead atoms. The van der Waals surface area contributed by atoms with Crippen LogP contribution in [0.1, 0.15) is 18.9 Å². The molecule has 2 aromatic carbocycles. The normalized spacial score (nSPS) is 11.2. The van der Waals surface area contributed by atoms with Crippen molar-refractivity contribution in [2.75, 3.05) is 23.7 Å². The number of nitrogens with one attached hydrogen (secondary N) is 1. The molecule has 0 aliphatic rings. The second-order valence-corrected chi connectivity index (χ2v) is 7.63. The summed E-state index contributed by atoms with van der Waals surface area (Å²) < 4.78 is 26.6. The molecule has 0 aliphatic carbocycles. The molecule has 25 heavy (non-hydrogen) atoms. The highest BCUT2D eigenvalue weighted by atomic mass is 32.2. The quantitative estimate of drug-likeness (QED) is 0.747. The van der Waals surface area contributed by atoms with Crippen molar-refractivity contribution in [2.45, 2.75) is 19.8 Å². The molecule has 0 unspecified atom stereocenters. The average molecular weight is 360 g/mol. The topological polar surface area (TPSA) is 66.5 Å². The van der Waals surface area contributed by atoms with Crippen LogP contribution in [0.25, 0.3) is 0 Å². The summed E-state index contributed by atoms with van der Waals surface area (Å²) in [5.41, 5.74) is 1.87. The number of hydrogen-bond acceptors (Lipinski definition) is 3. The van der Waals surface area contributed by atoms with Gasteiger partial charge in [0.2, 0.25) is 15.9 Å². The second kappa shape index (κ2) is 9.34. The Balaban J connectivity index is 1.83. The van der Waals surface area contributed by atoms with Crippen molar-refractivity contribution in [1.29, 1.82) is 0 Å². The summed E-state index contributed by atoms with van der Waals surface area (Å²) in [6.45, 7) is 2.12. The molecule has 0 spiro atoms. The van der Waals surface area contributed by atoms with E-state index in [0.29, 0.717) is 19.4 Å². The smallest absolute Gasteiger partial charge is 0.242 e. The third-order valence-corrected chi connectivity index (χ3v) is 5.26. The van der Waals surface area contributed by atoms with Crippen LogP contribution in [0.15, 0.2) is 60.7 Å². The molecule has 0 atom stereocenters. The van der Waals surface area contributed by atoms with Crippen LogP contribution in [0.3, 0.4) is 0 Å². The van der Waals surface area contributed by atoms with E-state index < -0.39 is 10.0 Å². The number of carbonyl (C=O) groups is 1. The summed E-state index contributed by atoms with van der Waals surface area (Å²) in [5.74, 6) is -0.257. The Morgan fingerprint density at radius 3 is 2.20 bits per heavy atom. The molecule has 0 aromatic heterocycles. The zero-order valence-corrected chi connectivity index (χ0v) is 15.2. The van der Waals surface area contributed by atoms with Gasteiger partial charge in [0, 0.05) is 12.2 Å². The van der Waals surface area contributed by atoms with Crippen LogP contribution in [0.2, 0.25) is 0 Å². The monoisotopic (exact) mass is 360 g/mol. The highest BCUT2D eigenvalue weighted by molar-refractivity contribution is 7.89. The Morgan fingerprint density at radius 2 is 1.60 bits per heavy atom. The molecule has 0 heterocycles. The summed E-state index contributed by atoms with van der Waals surface area (Å²) in [6, 6.07) is 19.0. The number of carbonyl (C=O) groups excluding carboxylic acids is 1. The molecule has 0 saturated heterocycles. The summed E-state index contributed by atoms with van der Waals surface area (Å²) in [4.78, 5) is 13.9. The van der Waals surface area contributed by atoms with Crippen molar-refractivity contribution in [3.8, 4) is 0 Å². The molecular weight excluding hydrogens is 336 g/mol. The molecule has 2 aromatic rings. The van der Waals surface area contributed by atoms with Gasteiger partial charge in [-0.1, -0.05) is 48.5 Å². The first-order valence-electron chi connectivity index (χ1n) is 8.38. The summed E-state index contributed by atoms with van der Waals surface area (Å²) in [5, 5.41) is 0. The zero-order valence-electron chi connectivity index (χ0n) is 14.4. The van der Waals surface area contributed by atoms with Crippen LogP contribution in [-0.4, -0.2) is 33.2 Å². The van der Waals surface area contributed by atoms with Gasteiger partial charge < -0.3 is 4.90 Å². The summed E-state index contributed by atoms with van der Waals surface area (Å²) >= 11 is 0. The van der Waals surface area contributed by atoms with Crippen molar-refractivity contribution < 1.29 is 13.2 Å². The lowest BCUT2D eigenvalue weighted by atomic mass is 10.1. The van der Waals surface area contributed by atoms with Gasteiger partial charge in [0.05, 0.1) is 12.3 Å². The molecule has 0 saturated carbocycles. The lowest BCUT2D eigenvalue weighted by molar-refractivity contribution is -0.117. The number of anilines is 1. The van der Waals surface area contributed by atoms with E-state index in [9.17, 15) is 13.2 Å². The van der Waals surface area contributed by atoms with Gasteiger partial charge in [-0.3, -0.25) is 4.79 Å². The molecule has 5 nitrogen and oxygen atoms in total. The third kappa shape index (κ3) is 6.32. The number of likely N-dealkylation sites (N-methyl/N-ethyl adjacent to an activating group) is 1. The van der Waals surface area contributed by atoms with Gasteiger partial charge in [-0.05, 0) is 37.5 Å². The van der Waals surface area contributed by atoms with E-state index >= 15 is 0 Å². The van der Waals surface area contributed by atoms with Gasteiger partial charge in [0.1, 0.15) is 0 Å². The standard InChI is InChI=1S/C19H24N2O3S/c1-2-21(18-13-7-4-8-14-18)19(22)16-20-25(23,24)15-9-12-17-10-5-3-6-11-17/h3-8,10-11,13-14,20H,2,9,12,15-16H2,1H3. The zero-order chi connectivity index (χ0) is 18.1. The molecule has 134 valence electrons. The minimum absolute atomic E-state index is 0.00658. The molecule has 1 amide bonds. The van der Waals surface area contributed by atoms with E-state index in [1.54, 1.807) is 4.90 Å². The minimum atomic E-state index is -3.47. The van der Waals surface area contributed by atoms with Crippen LogP contribution in [-0.2, 0) is 21.2 Å². The van der Waals surface area contributed by atoms with Gasteiger partial charge in [-0.2, -0.15) is 0 Å². The highest BCUT2D eigenvalue weighted by Crippen LogP contribution is 2.12. The molecule has 0 radical (unpaired) electrons. The lowest BCUT2D eigenvalue weighted by Gasteiger charge is -2.21. The SMILES string of the molecule is CCN(C(=O)CNS(=O)(=O)CCCc1ccccc1)c1ccccc1. The van der Waals surface area contributed by atoms with Crippen molar-refractivity contribution in [3.63, 3.8) is 0 Å². The van der Waals surface area contributed by atoms with Crippen molar-refractivity contribution in [1.82, 2.24) is 4.72 Å². The Bertz CT molecular complexity index is 762. The second-order valence-electron chi connectivity index (χ2n) is 5.70. The number of para-hydroxylation sites is 1. The van der Waals surface area contributed by atoms with E-state index in [1.165, 1.54) is 0 Å². The van der Waals surface area contributed by atoms with Crippen LogP contribution in [0.5, 0.6) is 0 Å². The Hall–Kier alpha value is -2.18. The van der Waals surface area contributed by atoms with E-state index in [4.69, 9.17) is 0 Å². The van der Waals surface area contributed by atoms with Crippen molar-refractivity contribution >= 4 is 21.6 Å². The number of aryl methyl sites for hydroxylation is 1. The number of amides is 1. The maximum absolute atomic E-state index is 12.3. The Kier molecular flexibility index (Phi) is 7.16. The Labute approximate surface area is 149 Å². The molecule has 0 aliphatic heterocycles. The Morgan fingerprint density at radius 1 is 1.00 bits per heavy atom. The van der Waals surface area contributed by atoms with Crippen LogP contribution in [0, 0.1) is 0 Å². The number of hydrogen-bond donors (Lipinski definition) is 1. The van der Waals surface area contributed by atoms with Crippen molar-refractivity contribution in [3.05, 3.63) is 66.2 Å². The van der Waals surface area contributed by atoms with Gasteiger partial charge in [0.15, 0.2) is 0 Å². The van der Waals surface area contributed by atoms with E-state index in [0.717, 1.165) is 11.3 Å². The molecule has 2 rings (SSSR count). The highest BCUT2D eigenvalue weighted by Gasteiger charge is 2.17. The van der Waals surface area contributed by atoms with Gasteiger partial charge in [-0.15, -0.1) is 0 Å². The van der Waals surface area contributed by atoms with E-state index in [2.05, 4.69) is 4.72 Å². The molecule has 6 heteroatoms. The van der Waals surface area contributed by atoms with Gasteiger partial charge in [0.25, 0.3) is 0 Å². The summed E-state index contributed by atoms with van der Waals surface area (Å²) in [6.07, 6.45) is 1.21. The maximum Gasteiger partial charge on any atom is 0.242 e. The van der Waals surface area contributed by atoms with E-state index in [-0.39, 0.29) is 18.2 Å². The first kappa shape index (κ1) is 19.1. The first-order valence-corrected chi connectivity index (χ1v) is 10.0. The number of rotatable bonds is 9. The average Bonchev–Trinajstić information content (AvgIpc) is 2.62. The number of benzene rings is 2. The van der Waals surface area contributed by atoms with E-state index in [1.807, 2.05) is 67.6 Å². The predicted octanol–water partition coefficient (Wildman–Crippen LogP) is 2.59. The van der Waals surface area contributed by atoms with Gasteiger partial charge >= 0.3 is 0 Å². The fraction of sp³-hybridized carbons (Fsp3) is 0.316. The molecular formula is C19H24N2O3S. The summed E-state index contributed by atoms with van der Waals surface area (Å²) in [7, 11) is -3.47. The first-order chi connectivity index (χ1) is 12.0. The third-order valence-electron chi connectivity index (χ3n) is 3.85. The van der Waals surface area contributed by atoms with Crippen LogP contribution < -0.4 is 9.62 Å². The van der Waals surface area contributed by atoms with Gasteiger partial charge in [-0.25, -0.2) is 13.1 Å². The van der Waals surface area contributed by atoms with Crippen LogP contribution in [0.4, 0.5) is 5.69 Å². The van der Waals surface area contributed by atoms with Crippen molar-refractivity contribution in [2.24, 2.45) is 0 Å². The number of nitrogens with zero attached hydrogens (tertiary/aromatic N) is 1. The van der Waals surface area contributed by atoms with Crippen LogP contribution >= 0.6 is 0 Å². The lowest BCUT2D eigenvalue weighted by Crippen LogP contribution is -2.40. The molecule has 0 fully saturated rings. The largest absolute Gasteiger partial charge is 0.312 e. The maximum atomic E-state index is 12.3. The fourth-order valence-corrected chi connectivity index (χ4v) is 3.57. The fourth-order valence-electron chi connectivity index (χ4n) is 2.56. The predicted molar refractivity (Wildman–Crippen MR) is 101 cm³/mol. The number of sulfonamides is 1.